The fourth-order valence-corrected chi connectivity index (χ4v) is 4.26. The van der Waals surface area contributed by atoms with Crippen molar-refractivity contribution in [1.82, 2.24) is 25.0 Å². The molecule has 1 fully saturated rings. The lowest BCUT2D eigenvalue weighted by molar-refractivity contribution is -0.130. The van der Waals surface area contributed by atoms with Gasteiger partial charge in [-0.1, -0.05) is 12.2 Å². The maximum atomic E-state index is 12.7. The van der Waals surface area contributed by atoms with E-state index in [4.69, 9.17) is 5.10 Å². The summed E-state index contributed by atoms with van der Waals surface area (Å²) in [5.41, 5.74) is 1.85. The molecule has 7 nitrogen and oxygen atoms in total. The molecule has 148 valence electrons. The van der Waals surface area contributed by atoms with E-state index in [-0.39, 0.29) is 17.7 Å². The van der Waals surface area contributed by atoms with Gasteiger partial charge in [0, 0.05) is 50.5 Å². The first-order valence-corrected chi connectivity index (χ1v) is 10.1. The summed E-state index contributed by atoms with van der Waals surface area (Å²) >= 11 is 0. The number of rotatable bonds is 6. The molecule has 2 aliphatic rings. The van der Waals surface area contributed by atoms with Crippen molar-refractivity contribution in [2.45, 2.75) is 45.1 Å². The van der Waals surface area contributed by atoms with Crippen LogP contribution in [0.2, 0.25) is 0 Å². The van der Waals surface area contributed by atoms with Gasteiger partial charge in [-0.05, 0) is 37.3 Å². The molecule has 28 heavy (non-hydrogen) atoms. The number of fused-ring (bicyclic) bond motifs is 1. The Morgan fingerprint density at radius 2 is 2.21 bits per heavy atom. The molecular weight excluding hydrogens is 354 g/mol. The molecule has 7 heteroatoms. The number of amides is 2. The minimum Gasteiger partial charge on any atom is -0.354 e. The highest BCUT2D eigenvalue weighted by atomic mass is 16.2. The van der Waals surface area contributed by atoms with E-state index < -0.39 is 0 Å². The molecule has 1 aliphatic heterocycles. The van der Waals surface area contributed by atoms with Crippen molar-refractivity contribution in [3.05, 3.63) is 36.2 Å². The lowest BCUT2D eigenvalue weighted by atomic mass is 10.0. The fraction of sp³-hybridized carbons (Fsp3) is 0.524. The smallest absolute Gasteiger partial charge is 0.223 e. The van der Waals surface area contributed by atoms with Crippen LogP contribution in [0.25, 0.3) is 11.0 Å². The van der Waals surface area contributed by atoms with E-state index in [0.29, 0.717) is 25.4 Å². The van der Waals surface area contributed by atoms with Gasteiger partial charge in [-0.2, -0.15) is 5.10 Å². The van der Waals surface area contributed by atoms with Gasteiger partial charge in [0.1, 0.15) is 0 Å². The van der Waals surface area contributed by atoms with Crippen molar-refractivity contribution in [2.24, 2.45) is 5.92 Å². The summed E-state index contributed by atoms with van der Waals surface area (Å²) in [5.74, 6) is 0.847. The van der Waals surface area contributed by atoms with E-state index in [2.05, 4.69) is 22.5 Å². The van der Waals surface area contributed by atoms with Gasteiger partial charge in [0.05, 0.1) is 12.2 Å². The minimum atomic E-state index is -0.0494. The minimum absolute atomic E-state index is 0.0494. The Labute approximate surface area is 164 Å². The van der Waals surface area contributed by atoms with Crippen molar-refractivity contribution in [1.29, 1.82) is 0 Å². The topological polar surface area (TPSA) is 80.1 Å². The zero-order valence-corrected chi connectivity index (χ0v) is 16.3. The van der Waals surface area contributed by atoms with E-state index in [1.54, 1.807) is 6.20 Å². The second-order valence-electron chi connectivity index (χ2n) is 7.76. The fourth-order valence-electron chi connectivity index (χ4n) is 4.26. The summed E-state index contributed by atoms with van der Waals surface area (Å²) in [6, 6.07) is 3.98. The molecule has 0 unspecified atom stereocenters. The summed E-state index contributed by atoms with van der Waals surface area (Å²) < 4.78 is 1.87. The average molecular weight is 381 g/mol. The van der Waals surface area contributed by atoms with Gasteiger partial charge in [0.25, 0.3) is 0 Å². The molecular formula is C21H27N5O2. The largest absolute Gasteiger partial charge is 0.354 e. The van der Waals surface area contributed by atoms with Crippen LogP contribution >= 0.6 is 0 Å². The Balaban J connectivity index is 1.47. The second-order valence-corrected chi connectivity index (χ2v) is 7.76. The summed E-state index contributed by atoms with van der Waals surface area (Å²) in [6.45, 7) is 4.13. The molecule has 1 aliphatic carbocycles. The third-order valence-corrected chi connectivity index (χ3v) is 5.71. The standard InChI is InChI=1S/C21H27N5O2/c1-15(27)22-10-12-26-21-18(7-4-9-23-21)20(24-26)17-8-11-25(14-17)19(28)13-16-5-2-3-6-16/h2,4-5,7,9,16-17H,3,6,8,10-14H2,1H3,(H,22,27)/t16-,17+/m0/s1. The van der Waals surface area contributed by atoms with Gasteiger partial charge in [0.15, 0.2) is 5.65 Å². The molecule has 2 amide bonds. The van der Waals surface area contributed by atoms with E-state index in [0.717, 1.165) is 49.1 Å². The van der Waals surface area contributed by atoms with Crippen LogP contribution in [-0.4, -0.2) is 51.1 Å². The Morgan fingerprint density at radius 3 is 3.00 bits per heavy atom. The van der Waals surface area contributed by atoms with Crippen LogP contribution in [0.15, 0.2) is 30.5 Å². The summed E-state index contributed by atoms with van der Waals surface area (Å²) in [6.07, 6.45) is 9.87. The number of allylic oxidation sites excluding steroid dienone is 2. The number of carbonyl (C=O) groups is 2. The van der Waals surface area contributed by atoms with Crippen LogP contribution in [0, 0.1) is 5.92 Å². The zero-order valence-electron chi connectivity index (χ0n) is 16.3. The number of nitrogens with zero attached hydrogens (tertiary/aromatic N) is 4. The Bertz CT molecular complexity index is 903. The van der Waals surface area contributed by atoms with E-state index in [9.17, 15) is 9.59 Å². The van der Waals surface area contributed by atoms with Crippen molar-refractivity contribution >= 4 is 22.8 Å². The SMILES string of the molecule is CC(=O)NCCn1nc([C@@H]2CCN(C(=O)C[C@H]3C=CCC3)C2)c2cccnc21. The lowest BCUT2D eigenvalue weighted by Crippen LogP contribution is -2.29. The van der Waals surface area contributed by atoms with Crippen LogP contribution in [0.3, 0.4) is 0 Å². The van der Waals surface area contributed by atoms with Gasteiger partial charge in [-0.3, -0.25) is 9.59 Å². The first-order valence-electron chi connectivity index (χ1n) is 10.1. The second kappa shape index (κ2) is 8.12. The highest BCUT2D eigenvalue weighted by Gasteiger charge is 2.31. The molecule has 1 N–H and O–H groups in total. The van der Waals surface area contributed by atoms with Crippen LogP contribution in [0.4, 0.5) is 0 Å². The highest BCUT2D eigenvalue weighted by Crippen LogP contribution is 2.32. The van der Waals surface area contributed by atoms with Gasteiger partial charge in [0.2, 0.25) is 11.8 Å². The number of carbonyl (C=O) groups excluding carboxylic acids is 2. The monoisotopic (exact) mass is 381 g/mol. The molecule has 0 radical (unpaired) electrons. The van der Waals surface area contributed by atoms with Crippen LogP contribution in [0.1, 0.15) is 44.2 Å². The molecule has 4 rings (SSSR count). The van der Waals surface area contributed by atoms with Crippen LogP contribution < -0.4 is 5.32 Å². The van der Waals surface area contributed by atoms with Gasteiger partial charge < -0.3 is 10.2 Å². The van der Waals surface area contributed by atoms with E-state index in [1.807, 2.05) is 21.7 Å². The number of likely N-dealkylation sites (tertiary alicyclic amines) is 1. The first kappa shape index (κ1) is 18.7. The maximum Gasteiger partial charge on any atom is 0.223 e. The molecule has 0 bridgehead atoms. The molecule has 0 aromatic carbocycles. The number of aromatic nitrogens is 3. The van der Waals surface area contributed by atoms with Crippen molar-refractivity contribution in [3.8, 4) is 0 Å². The van der Waals surface area contributed by atoms with Crippen LogP contribution in [-0.2, 0) is 16.1 Å². The summed E-state index contributed by atoms with van der Waals surface area (Å²) in [7, 11) is 0. The molecule has 2 aromatic heterocycles. The van der Waals surface area contributed by atoms with Crippen molar-refractivity contribution in [2.75, 3.05) is 19.6 Å². The Morgan fingerprint density at radius 1 is 1.32 bits per heavy atom. The third-order valence-electron chi connectivity index (χ3n) is 5.71. The Kier molecular flexibility index (Phi) is 5.41. The predicted molar refractivity (Wildman–Crippen MR) is 107 cm³/mol. The normalized spacial score (nSPS) is 21.5. The molecule has 3 heterocycles. The highest BCUT2D eigenvalue weighted by molar-refractivity contribution is 5.80. The quantitative estimate of drug-likeness (QED) is 0.778. The molecule has 0 saturated carbocycles. The number of nitrogens with one attached hydrogen (secondary N) is 1. The van der Waals surface area contributed by atoms with Crippen LogP contribution in [0.5, 0.6) is 0 Å². The molecule has 1 saturated heterocycles. The first-order chi connectivity index (χ1) is 13.6. The number of hydrogen-bond acceptors (Lipinski definition) is 4. The van der Waals surface area contributed by atoms with Gasteiger partial charge in [-0.15, -0.1) is 0 Å². The predicted octanol–water partition coefficient (Wildman–Crippen LogP) is 2.24. The van der Waals surface area contributed by atoms with Gasteiger partial charge >= 0.3 is 0 Å². The third kappa shape index (κ3) is 3.93. The maximum absolute atomic E-state index is 12.7. The average Bonchev–Trinajstić information content (AvgIpc) is 3.41. The number of pyridine rings is 1. The zero-order chi connectivity index (χ0) is 19.5. The molecule has 2 aromatic rings. The van der Waals surface area contributed by atoms with Gasteiger partial charge in [-0.25, -0.2) is 9.67 Å². The van der Waals surface area contributed by atoms with Crippen molar-refractivity contribution in [3.63, 3.8) is 0 Å². The van der Waals surface area contributed by atoms with Crippen molar-refractivity contribution < 1.29 is 9.59 Å². The summed E-state index contributed by atoms with van der Waals surface area (Å²) in [4.78, 5) is 30.3. The van der Waals surface area contributed by atoms with E-state index >= 15 is 0 Å². The lowest BCUT2D eigenvalue weighted by Gasteiger charge is -2.18. The molecule has 0 spiro atoms. The summed E-state index contributed by atoms with van der Waals surface area (Å²) in [5, 5.41) is 8.67. The number of hydrogen-bond donors (Lipinski definition) is 1. The molecule has 2 atom stereocenters. The Hall–Kier alpha value is -2.70. The van der Waals surface area contributed by atoms with E-state index in [1.165, 1.54) is 6.92 Å².